The summed E-state index contributed by atoms with van der Waals surface area (Å²) in [4.78, 5) is 0. The average molecular weight is 505 g/mol. The van der Waals surface area contributed by atoms with Gasteiger partial charge < -0.3 is 0 Å². The molecule has 0 radical (unpaired) electrons. The van der Waals surface area contributed by atoms with Gasteiger partial charge in [0, 0.05) is 0 Å². The monoisotopic (exact) mass is 504 g/mol. The molecule has 0 unspecified atom stereocenters. The molecule has 0 amide bonds. The predicted molar refractivity (Wildman–Crippen MR) is 163 cm³/mol. The van der Waals surface area contributed by atoms with Gasteiger partial charge in [-0.1, -0.05) is 106 Å². The number of hydrogen-bond donors (Lipinski definition) is 0. The largest absolute Gasteiger partial charge is 0.121 e. The van der Waals surface area contributed by atoms with Crippen LogP contribution >= 0.6 is 0 Å². The highest BCUT2D eigenvalue weighted by atomic mass is 29.3. The van der Waals surface area contributed by atoms with Crippen molar-refractivity contribution in [2.24, 2.45) is 0 Å². The highest BCUT2D eigenvalue weighted by molar-refractivity contribution is 7.63. The Morgan fingerprint density at radius 3 is 0.778 bits per heavy atom. The second kappa shape index (κ2) is 9.01. The molecular weight excluding hydrogens is 465 g/mol. The lowest BCUT2D eigenvalue weighted by molar-refractivity contribution is 1.24. The highest BCUT2D eigenvalue weighted by Gasteiger charge is 2.67. The van der Waals surface area contributed by atoms with E-state index in [2.05, 4.69) is 128 Å². The second-order valence-electron chi connectivity index (χ2n) is 11.3. The minimum atomic E-state index is -2.18. The number of benzene rings is 4. The first kappa shape index (κ1) is 25.0. The summed E-state index contributed by atoms with van der Waals surface area (Å²) in [6, 6.07) is 31.3. The Morgan fingerprint density at radius 1 is 0.361 bits per heavy atom. The summed E-state index contributed by atoms with van der Waals surface area (Å²) in [7, 11) is -4.36. The lowest BCUT2D eigenvalue weighted by Gasteiger charge is -2.60. The number of hydrogen-bond acceptors (Lipinski definition) is 0. The Labute approximate surface area is 220 Å². The molecule has 0 saturated carbocycles. The third-order valence-corrected chi connectivity index (χ3v) is 28.8. The van der Waals surface area contributed by atoms with Crippen molar-refractivity contribution in [3.05, 3.63) is 117 Å². The summed E-state index contributed by atoms with van der Waals surface area (Å²) in [6.07, 6.45) is 0. The Bertz CT molecular complexity index is 1260. The highest BCUT2D eigenvalue weighted by Crippen LogP contribution is 2.43. The molecule has 0 aromatic heterocycles. The molecule has 184 valence electrons. The molecule has 5 rings (SSSR count). The van der Waals surface area contributed by atoms with Gasteiger partial charge in [0.2, 0.25) is 0 Å². The minimum Gasteiger partial charge on any atom is -0.0626 e. The van der Waals surface area contributed by atoms with E-state index in [1.807, 2.05) is 0 Å². The molecule has 0 aliphatic carbocycles. The Balaban J connectivity index is 2.02. The molecular formula is C34H40Si2. The topological polar surface area (TPSA) is 0 Å². The molecule has 0 atom stereocenters. The summed E-state index contributed by atoms with van der Waals surface area (Å²) < 4.78 is 0. The first-order chi connectivity index (χ1) is 17.2. The van der Waals surface area contributed by atoms with Gasteiger partial charge in [-0.2, -0.15) is 0 Å². The summed E-state index contributed by atoms with van der Waals surface area (Å²) in [6.45, 7) is 18.8. The predicted octanol–water partition coefficient (Wildman–Crippen LogP) is 6.07. The lowest BCUT2D eigenvalue weighted by atomic mass is 10.1. The van der Waals surface area contributed by atoms with E-state index < -0.39 is 15.2 Å². The van der Waals surface area contributed by atoms with Crippen molar-refractivity contribution in [1.29, 1.82) is 0 Å². The van der Waals surface area contributed by atoms with Gasteiger partial charge in [-0.3, -0.25) is 0 Å². The summed E-state index contributed by atoms with van der Waals surface area (Å²) >= 11 is 0. The molecule has 1 aliphatic rings. The van der Waals surface area contributed by atoms with Crippen molar-refractivity contribution in [2.75, 3.05) is 0 Å². The van der Waals surface area contributed by atoms with Crippen molar-refractivity contribution < 1.29 is 0 Å². The normalized spacial score (nSPS) is 16.0. The van der Waals surface area contributed by atoms with Crippen LogP contribution in [-0.4, -0.2) is 15.2 Å². The third kappa shape index (κ3) is 3.30. The van der Waals surface area contributed by atoms with Crippen LogP contribution in [0.2, 0.25) is 12.1 Å². The summed E-state index contributed by atoms with van der Waals surface area (Å²) in [5.74, 6) is 0. The Hall–Kier alpha value is -2.69. The molecule has 1 saturated heterocycles. The van der Waals surface area contributed by atoms with Crippen molar-refractivity contribution in [1.82, 2.24) is 0 Å². The molecule has 0 spiro atoms. The van der Waals surface area contributed by atoms with Crippen LogP contribution in [0.5, 0.6) is 0 Å². The van der Waals surface area contributed by atoms with Crippen LogP contribution in [0.25, 0.3) is 0 Å². The van der Waals surface area contributed by atoms with E-state index in [0.29, 0.717) is 0 Å². The molecule has 0 nitrogen and oxygen atoms in total. The smallest absolute Gasteiger partial charge is 0.0626 e. The van der Waals surface area contributed by atoms with E-state index in [1.165, 1.54) is 56.6 Å². The Kier molecular flexibility index (Phi) is 6.25. The Morgan fingerprint density at radius 2 is 0.583 bits per heavy atom. The summed E-state index contributed by atoms with van der Waals surface area (Å²) in [5.41, 5.74) is 11.8. The maximum atomic E-state index is 2.52. The van der Waals surface area contributed by atoms with Gasteiger partial charge in [0.1, 0.15) is 15.2 Å². The SMILES string of the molecule is Cc1cccc([Si]2(c3cccc(C)c3C)CC[Si]2(c2cccc(C)c2C)c2cccc(C)c2C)c1C. The first-order valence-electron chi connectivity index (χ1n) is 13.4. The van der Waals surface area contributed by atoms with Crippen molar-refractivity contribution in [3.8, 4) is 0 Å². The summed E-state index contributed by atoms with van der Waals surface area (Å²) in [5, 5.41) is 6.76. The molecule has 2 heteroatoms. The van der Waals surface area contributed by atoms with E-state index in [9.17, 15) is 0 Å². The van der Waals surface area contributed by atoms with E-state index in [0.717, 1.165) is 0 Å². The fourth-order valence-electron chi connectivity index (χ4n) is 7.23. The quantitative estimate of drug-likeness (QED) is 0.296. The zero-order valence-electron chi connectivity index (χ0n) is 23.3. The average Bonchev–Trinajstić information content (AvgIpc) is 2.84. The first-order valence-corrected chi connectivity index (χ1v) is 18.8. The molecule has 1 fully saturated rings. The third-order valence-electron chi connectivity index (χ3n) is 9.86. The van der Waals surface area contributed by atoms with Gasteiger partial charge in [-0.15, -0.1) is 0 Å². The van der Waals surface area contributed by atoms with Gasteiger partial charge in [-0.25, -0.2) is 0 Å². The van der Waals surface area contributed by atoms with Crippen LogP contribution in [0.15, 0.2) is 72.8 Å². The van der Waals surface area contributed by atoms with Crippen LogP contribution < -0.4 is 20.7 Å². The molecule has 4 aromatic rings. The lowest BCUT2D eigenvalue weighted by Crippen LogP contribution is -2.92. The molecule has 1 aliphatic heterocycles. The van der Waals surface area contributed by atoms with Crippen LogP contribution in [0.3, 0.4) is 0 Å². The van der Waals surface area contributed by atoms with E-state index in [4.69, 9.17) is 0 Å². The van der Waals surface area contributed by atoms with Crippen LogP contribution in [-0.2, 0) is 0 Å². The van der Waals surface area contributed by atoms with E-state index in [-0.39, 0.29) is 0 Å². The van der Waals surface area contributed by atoms with Gasteiger partial charge >= 0.3 is 0 Å². The van der Waals surface area contributed by atoms with Gasteiger partial charge in [0.25, 0.3) is 0 Å². The fraction of sp³-hybridized carbons (Fsp3) is 0.294. The maximum absolute atomic E-state index is 2.52. The van der Waals surface area contributed by atoms with Crippen LogP contribution in [0.1, 0.15) is 44.5 Å². The van der Waals surface area contributed by atoms with Crippen molar-refractivity contribution in [3.63, 3.8) is 0 Å². The number of rotatable bonds is 4. The zero-order chi connectivity index (χ0) is 25.8. The fourth-order valence-corrected chi connectivity index (χ4v) is 29.4. The molecule has 1 heterocycles. The van der Waals surface area contributed by atoms with Crippen molar-refractivity contribution >= 4 is 35.9 Å². The van der Waals surface area contributed by atoms with E-state index >= 15 is 0 Å². The van der Waals surface area contributed by atoms with Gasteiger partial charge in [-0.05, 0) is 99.9 Å². The molecule has 36 heavy (non-hydrogen) atoms. The standard InChI is InChI=1S/C34H40Si2/c1-23-13-9-17-31(27(23)5)35(32-18-10-14-24(2)28(32)6)21-22-36(35,33-19-11-15-25(3)29(33)7)34-20-12-16-26(4)30(34)8/h9-20H,21-22H2,1-8H3. The van der Waals surface area contributed by atoms with E-state index in [1.54, 1.807) is 20.7 Å². The van der Waals surface area contributed by atoms with Gasteiger partial charge in [0.15, 0.2) is 0 Å². The van der Waals surface area contributed by atoms with Crippen LogP contribution in [0.4, 0.5) is 0 Å². The maximum Gasteiger partial charge on any atom is 0.121 e. The minimum absolute atomic E-state index is 1.34. The molecule has 0 N–H and O–H groups in total. The second-order valence-corrected chi connectivity index (χ2v) is 23.2. The molecule has 0 bridgehead atoms. The molecule has 4 aromatic carbocycles. The van der Waals surface area contributed by atoms with Crippen molar-refractivity contribution in [2.45, 2.75) is 67.5 Å². The van der Waals surface area contributed by atoms with Gasteiger partial charge in [0.05, 0.1) is 0 Å². The van der Waals surface area contributed by atoms with Crippen LogP contribution in [0, 0.1) is 55.4 Å². The number of aryl methyl sites for hydroxylation is 4. The zero-order valence-corrected chi connectivity index (χ0v) is 25.3.